The van der Waals surface area contributed by atoms with Gasteiger partial charge in [-0.1, -0.05) is 18.2 Å². The van der Waals surface area contributed by atoms with Gasteiger partial charge in [0.15, 0.2) is 5.78 Å². The van der Waals surface area contributed by atoms with E-state index in [1.807, 2.05) is 24.3 Å². The van der Waals surface area contributed by atoms with Crippen LogP contribution in [0.3, 0.4) is 0 Å². The maximum atomic E-state index is 12.4. The molecule has 0 N–H and O–H groups in total. The summed E-state index contributed by atoms with van der Waals surface area (Å²) in [5.41, 5.74) is 2.28. The Labute approximate surface area is 136 Å². The number of allylic oxidation sites excluding steroid dienone is 1. The van der Waals surface area contributed by atoms with Gasteiger partial charge in [-0.15, -0.1) is 0 Å². The molecular formula is C19H20O4. The van der Waals surface area contributed by atoms with Crippen LogP contribution >= 0.6 is 0 Å². The quantitative estimate of drug-likeness (QED) is 0.577. The Morgan fingerprint density at radius 1 is 1.00 bits per heavy atom. The minimum absolute atomic E-state index is 0.0871. The number of ether oxygens (including phenoxy) is 3. The Balaban J connectivity index is 2.23. The fraction of sp³-hybridized carbons (Fsp3) is 0.211. The Morgan fingerprint density at radius 2 is 1.74 bits per heavy atom. The van der Waals surface area contributed by atoms with Gasteiger partial charge in [-0.25, -0.2) is 0 Å². The van der Waals surface area contributed by atoms with Gasteiger partial charge in [0.05, 0.1) is 20.8 Å². The third-order valence-electron chi connectivity index (χ3n) is 3.42. The largest absolute Gasteiger partial charge is 0.496 e. The van der Waals surface area contributed by atoms with Gasteiger partial charge < -0.3 is 14.2 Å². The van der Waals surface area contributed by atoms with Crippen LogP contribution in [0.25, 0.3) is 6.08 Å². The number of benzene rings is 2. The van der Waals surface area contributed by atoms with Crippen LogP contribution in [0, 0.1) is 0 Å². The summed E-state index contributed by atoms with van der Waals surface area (Å²) in [6.07, 6.45) is 3.29. The van der Waals surface area contributed by atoms with Crippen molar-refractivity contribution in [2.24, 2.45) is 0 Å². The van der Waals surface area contributed by atoms with E-state index in [-0.39, 0.29) is 5.78 Å². The molecule has 120 valence electrons. The summed E-state index contributed by atoms with van der Waals surface area (Å²) < 4.78 is 15.7. The summed E-state index contributed by atoms with van der Waals surface area (Å²) in [6, 6.07) is 12.8. The van der Waals surface area contributed by atoms with Crippen molar-refractivity contribution >= 4 is 11.9 Å². The number of hydrogen-bond donors (Lipinski definition) is 0. The first-order valence-electron chi connectivity index (χ1n) is 7.21. The van der Waals surface area contributed by atoms with Crippen LogP contribution in [0.15, 0.2) is 48.5 Å². The second kappa shape index (κ2) is 8.15. The molecule has 4 nitrogen and oxygen atoms in total. The first kappa shape index (κ1) is 16.8. The van der Waals surface area contributed by atoms with Gasteiger partial charge in [0.25, 0.3) is 0 Å². The minimum atomic E-state index is -0.0871. The standard InChI is InChI=1S/C19H20O4/c1-21-13-16-12-15(9-11-19(16)23-3)17(20)10-8-14-6-4-5-7-18(14)22-2/h4-12H,13H2,1-3H3/b10-8+. The highest BCUT2D eigenvalue weighted by molar-refractivity contribution is 6.07. The van der Waals surface area contributed by atoms with E-state index >= 15 is 0 Å². The van der Waals surface area contributed by atoms with E-state index in [0.29, 0.717) is 17.9 Å². The first-order valence-corrected chi connectivity index (χ1v) is 7.21. The summed E-state index contributed by atoms with van der Waals surface area (Å²) in [5, 5.41) is 0. The van der Waals surface area contributed by atoms with E-state index in [4.69, 9.17) is 14.2 Å². The van der Waals surface area contributed by atoms with Gasteiger partial charge in [0.2, 0.25) is 0 Å². The van der Waals surface area contributed by atoms with Gasteiger partial charge in [0.1, 0.15) is 11.5 Å². The van der Waals surface area contributed by atoms with Gasteiger partial charge in [-0.05, 0) is 36.4 Å². The normalized spacial score (nSPS) is 10.7. The molecule has 0 aliphatic rings. The number of carbonyl (C=O) groups is 1. The molecule has 0 aliphatic carbocycles. The minimum Gasteiger partial charge on any atom is -0.496 e. The number of rotatable bonds is 7. The summed E-state index contributed by atoms with van der Waals surface area (Å²) in [4.78, 5) is 12.4. The van der Waals surface area contributed by atoms with Gasteiger partial charge >= 0.3 is 0 Å². The summed E-state index contributed by atoms with van der Waals surface area (Å²) in [5.74, 6) is 1.35. The maximum absolute atomic E-state index is 12.4. The molecule has 0 atom stereocenters. The molecule has 2 aromatic rings. The number of methoxy groups -OCH3 is 3. The second-order valence-electron chi connectivity index (χ2n) is 4.90. The Morgan fingerprint density at radius 3 is 2.43 bits per heavy atom. The molecule has 4 heteroatoms. The topological polar surface area (TPSA) is 44.8 Å². The second-order valence-corrected chi connectivity index (χ2v) is 4.90. The highest BCUT2D eigenvalue weighted by Gasteiger charge is 2.08. The smallest absolute Gasteiger partial charge is 0.185 e. The van der Waals surface area contributed by atoms with Crippen LogP contribution in [-0.2, 0) is 11.3 Å². The molecule has 23 heavy (non-hydrogen) atoms. The zero-order chi connectivity index (χ0) is 16.7. The van der Waals surface area contributed by atoms with Gasteiger partial charge in [-0.3, -0.25) is 4.79 Å². The van der Waals surface area contributed by atoms with Crippen molar-refractivity contribution in [3.8, 4) is 11.5 Å². The lowest BCUT2D eigenvalue weighted by Crippen LogP contribution is -2.00. The lowest BCUT2D eigenvalue weighted by Gasteiger charge is -2.09. The third kappa shape index (κ3) is 4.20. The van der Waals surface area contributed by atoms with E-state index in [9.17, 15) is 4.79 Å². The van der Waals surface area contributed by atoms with Crippen LogP contribution in [0.5, 0.6) is 11.5 Å². The van der Waals surface area contributed by atoms with Crippen molar-refractivity contribution in [2.75, 3.05) is 21.3 Å². The Bertz CT molecular complexity index is 704. The number of ketones is 1. The zero-order valence-corrected chi connectivity index (χ0v) is 13.5. The van der Waals surface area contributed by atoms with Crippen molar-refractivity contribution in [1.29, 1.82) is 0 Å². The van der Waals surface area contributed by atoms with Crippen molar-refractivity contribution in [3.63, 3.8) is 0 Å². The third-order valence-corrected chi connectivity index (χ3v) is 3.42. The lowest BCUT2D eigenvalue weighted by molar-refractivity contribution is 0.104. The van der Waals surface area contributed by atoms with E-state index in [1.165, 1.54) is 6.08 Å². The van der Waals surface area contributed by atoms with E-state index in [1.54, 1.807) is 45.6 Å². The van der Waals surface area contributed by atoms with Crippen LogP contribution in [-0.4, -0.2) is 27.1 Å². The summed E-state index contributed by atoms with van der Waals surface area (Å²) in [6.45, 7) is 0.389. The fourth-order valence-corrected chi connectivity index (χ4v) is 2.27. The summed E-state index contributed by atoms with van der Waals surface area (Å²) in [7, 11) is 4.81. The van der Waals surface area contributed by atoms with Gasteiger partial charge in [0, 0.05) is 23.8 Å². The predicted molar refractivity (Wildman–Crippen MR) is 90.1 cm³/mol. The Kier molecular flexibility index (Phi) is 5.94. The molecule has 0 heterocycles. The molecule has 0 radical (unpaired) electrons. The lowest BCUT2D eigenvalue weighted by atomic mass is 10.1. The van der Waals surface area contributed by atoms with Gasteiger partial charge in [-0.2, -0.15) is 0 Å². The van der Waals surface area contributed by atoms with E-state index < -0.39 is 0 Å². The molecule has 0 unspecified atom stereocenters. The number of hydrogen-bond acceptors (Lipinski definition) is 4. The molecule has 0 fully saturated rings. The molecule has 0 saturated carbocycles. The molecule has 0 bridgehead atoms. The van der Waals surface area contributed by atoms with Crippen molar-refractivity contribution in [1.82, 2.24) is 0 Å². The van der Waals surface area contributed by atoms with Crippen molar-refractivity contribution in [3.05, 3.63) is 65.2 Å². The molecule has 0 aromatic heterocycles. The highest BCUT2D eigenvalue weighted by atomic mass is 16.5. The monoisotopic (exact) mass is 312 g/mol. The average Bonchev–Trinajstić information content (AvgIpc) is 2.60. The van der Waals surface area contributed by atoms with Crippen molar-refractivity contribution in [2.45, 2.75) is 6.61 Å². The molecular weight excluding hydrogens is 292 g/mol. The van der Waals surface area contributed by atoms with Crippen LogP contribution < -0.4 is 9.47 Å². The number of para-hydroxylation sites is 1. The SMILES string of the molecule is COCc1cc(C(=O)/C=C/c2ccccc2OC)ccc1OC. The average molecular weight is 312 g/mol. The Hall–Kier alpha value is -2.59. The van der Waals surface area contributed by atoms with Crippen molar-refractivity contribution < 1.29 is 19.0 Å². The summed E-state index contributed by atoms with van der Waals surface area (Å²) >= 11 is 0. The number of carbonyl (C=O) groups excluding carboxylic acids is 1. The van der Waals surface area contributed by atoms with Crippen LogP contribution in [0.1, 0.15) is 21.5 Å². The predicted octanol–water partition coefficient (Wildman–Crippen LogP) is 3.75. The molecule has 0 saturated heterocycles. The van der Waals surface area contributed by atoms with E-state index in [2.05, 4.69) is 0 Å². The van der Waals surface area contributed by atoms with Crippen LogP contribution in [0.4, 0.5) is 0 Å². The zero-order valence-electron chi connectivity index (χ0n) is 13.5. The van der Waals surface area contributed by atoms with E-state index in [0.717, 1.165) is 16.9 Å². The molecule has 0 amide bonds. The molecule has 2 rings (SSSR count). The highest BCUT2D eigenvalue weighted by Crippen LogP contribution is 2.22. The van der Waals surface area contributed by atoms with Crippen LogP contribution in [0.2, 0.25) is 0 Å². The first-order chi connectivity index (χ1) is 11.2. The molecule has 0 spiro atoms. The maximum Gasteiger partial charge on any atom is 0.185 e. The molecule has 2 aromatic carbocycles. The molecule has 0 aliphatic heterocycles. The fourth-order valence-electron chi connectivity index (χ4n) is 2.27.